The zero-order valence-electron chi connectivity index (χ0n) is 8.99. The molecule has 0 amide bonds. The van der Waals surface area contributed by atoms with Gasteiger partial charge in [0, 0.05) is 6.08 Å². The summed E-state index contributed by atoms with van der Waals surface area (Å²) in [5.74, 6) is -2.08. The first-order valence-corrected chi connectivity index (χ1v) is 3.99. The molecule has 0 aromatic heterocycles. The van der Waals surface area contributed by atoms with Crippen molar-refractivity contribution in [1.29, 1.82) is 0 Å². The molecule has 0 spiro atoms. The molecule has 0 aliphatic carbocycles. The maximum absolute atomic E-state index is 10.9. The van der Waals surface area contributed by atoms with Crippen LogP contribution in [0.25, 0.3) is 0 Å². The van der Waals surface area contributed by atoms with Gasteiger partial charge in [0.05, 0.1) is 5.97 Å². The molecule has 14 heavy (non-hydrogen) atoms. The first kappa shape index (κ1) is 16.7. The van der Waals surface area contributed by atoms with Crippen LogP contribution in [0, 0.1) is 0 Å². The third kappa shape index (κ3) is 8.89. The zero-order chi connectivity index (χ0) is 10.5. The number of hydrogen-bond donors (Lipinski definition) is 0. The Balaban J connectivity index is 0. The molecule has 0 saturated carbocycles. The molecule has 0 heterocycles. The SMILES string of the molecule is CCC(C)(C)OC(=O)/C=C\C(=O)[O-].[K+]. The van der Waals surface area contributed by atoms with Crippen LogP contribution in [0.3, 0.4) is 0 Å². The second-order valence-electron chi connectivity index (χ2n) is 3.19. The standard InChI is InChI=1S/C9H14O4.K/c1-4-9(2,3)13-8(12)6-5-7(10)11;/h5-6H,4H2,1-3H3,(H,10,11);/q;+1/p-1/b6-5-;. The molecule has 5 heteroatoms. The van der Waals surface area contributed by atoms with Gasteiger partial charge >= 0.3 is 57.4 Å². The van der Waals surface area contributed by atoms with Gasteiger partial charge in [-0.25, -0.2) is 4.79 Å². The number of hydrogen-bond acceptors (Lipinski definition) is 4. The molecule has 0 N–H and O–H groups in total. The van der Waals surface area contributed by atoms with Gasteiger partial charge in [-0.05, 0) is 26.3 Å². The second kappa shape index (κ2) is 7.59. The molecule has 0 saturated heterocycles. The van der Waals surface area contributed by atoms with Gasteiger partial charge in [-0.3, -0.25) is 0 Å². The molecule has 0 bridgehead atoms. The molecule has 0 rings (SSSR count). The Labute approximate surface area is 126 Å². The molecule has 0 unspecified atom stereocenters. The van der Waals surface area contributed by atoms with E-state index in [2.05, 4.69) is 0 Å². The molecular formula is C9H13KO4. The Bertz CT molecular complexity index is 233. The third-order valence-electron chi connectivity index (χ3n) is 1.58. The Morgan fingerprint density at radius 1 is 1.36 bits per heavy atom. The summed E-state index contributed by atoms with van der Waals surface area (Å²) in [7, 11) is 0. The monoisotopic (exact) mass is 224 g/mol. The summed E-state index contributed by atoms with van der Waals surface area (Å²) in [5, 5.41) is 9.93. The van der Waals surface area contributed by atoms with E-state index in [1.54, 1.807) is 13.8 Å². The summed E-state index contributed by atoms with van der Waals surface area (Å²) in [5.41, 5.74) is -0.562. The van der Waals surface area contributed by atoms with Crippen molar-refractivity contribution in [3.8, 4) is 0 Å². The first-order chi connectivity index (χ1) is 5.87. The van der Waals surface area contributed by atoms with Gasteiger partial charge in [-0.15, -0.1) is 0 Å². The Morgan fingerprint density at radius 3 is 2.21 bits per heavy atom. The van der Waals surface area contributed by atoms with Crippen LogP contribution < -0.4 is 56.5 Å². The Kier molecular flexibility index (Phi) is 9.07. The van der Waals surface area contributed by atoms with E-state index in [-0.39, 0.29) is 51.4 Å². The normalized spacial score (nSPS) is 10.8. The fraction of sp³-hybridized carbons (Fsp3) is 0.556. The fourth-order valence-electron chi connectivity index (χ4n) is 0.515. The molecule has 74 valence electrons. The molecule has 0 fully saturated rings. The minimum Gasteiger partial charge on any atom is -0.545 e. The number of carbonyl (C=O) groups excluding carboxylic acids is 2. The van der Waals surface area contributed by atoms with Crippen molar-refractivity contribution in [2.75, 3.05) is 0 Å². The minimum atomic E-state index is -1.41. The van der Waals surface area contributed by atoms with Crippen LogP contribution in [0.5, 0.6) is 0 Å². The molecule has 4 nitrogen and oxygen atoms in total. The van der Waals surface area contributed by atoms with E-state index in [0.29, 0.717) is 12.5 Å². The maximum Gasteiger partial charge on any atom is 1.00 e. The molecular weight excluding hydrogens is 211 g/mol. The van der Waals surface area contributed by atoms with E-state index in [9.17, 15) is 14.7 Å². The number of rotatable bonds is 4. The molecule has 0 aromatic carbocycles. The molecule has 0 atom stereocenters. The number of carboxylic acids is 1. The summed E-state index contributed by atoms with van der Waals surface area (Å²) < 4.78 is 4.92. The summed E-state index contributed by atoms with van der Waals surface area (Å²) in [4.78, 5) is 20.9. The zero-order valence-corrected chi connectivity index (χ0v) is 12.1. The van der Waals surface area contributed by atoms with Gasteiger partial charge in [-0.2, -0.15) is 0 Å². The van der Waals surface area contributed by atoms with Gasteiger partial charge in [0.15, 0.2) is 0 Å². The largest absolute Gasteiger partial charge is 1.00 e. The van der Waals surface area contributed by atoms with Gasteiger partial charge in [0.1, 0.15) is 5.60 Å². The van der Waals surface area contributed by atoms with E-state index >= 15 is 0 Å². The van der Waals surface area contributed by atoms with Crippen molar-refractivity contribution in [3.63, 3.8) is 0 Å². The fourth-order valence-corrected chi connectivity index (χ4v) is 0.515. The van der Waals surface area contributed by atoms with Crippen LogP contribution in [0.4, 0.5) is 0 Å². The molecule has 0 radical (unpaired) electrons. The van der Waals surface area contributed by atoms with Crippen LogP contribution in [0.1, 0.15) is 27.2 Å². The van der Waals surface area contributed by atoms with Gasteiger partial charge in [0.2, 0.25) is 0 Å². The van der Waals surface area contributed by atoms with Gasteiger partial charge in [-0.1, -0.05) is 6.92 Å². The van der Waals surface area contributed by atoms with E-state index in [4.69, 9.17) is 4.74 Å². The van der Waals surface area contributed by atoms with Crippen molar-refractivity contribution in [2.45, 2.75) is 32.8 Å². The van der Waals surface area contributed by atoms with Crippen LogP contribution in [-0.4, -0.2) is 17.5 Å². The van der Waals surface area contributed by atoms with Gasteiger partial charge in [0.25, 0.3) is 0 Å². The quantitative estimate of drug-likeness (QED) is 0.290. The molecule has 0 aromatic rings. The van der Waals surface area contributed by atoms with Crippen molar-refractivity contribution >= 4 is 11.9 Å². The van der Waals surface area contributed by atoms with E-state index in [1.807, 2.05) is 6.92 Å². The van der Waals surface area contributed by atoms with Crippen molar-refractivity contribution in [1.82, 2.24) is 0 Å². The summed E-state index contributed by atoms with van der Waals surface area (Å²) >= 11 is 0. The number of aliphatic carboxylic acids is 1. The smallest absolute Gasteiger partial charge is 0.545 e. The summed E-state index contributed by atoms with van der Waals surface area (Å²) in [6.45, 7) is 5.37. The Morgan fingerprint density at radius 2 is 1.86 bits per heavy atom. The Hall–Kier alpha value is 0.316. The average Bonchev–Trinajstić information content (AvgIpc) is 2.00. The first-order valence-electron chi connectivity index (χ1n) is 3.99. The van der Waals surface area contributed by atoms with Crippen LogP contribution in [0.15, 0.2) is 12.2 Å². The van der Waals surface area contributed by atoms with E-state index < -0.39 is 17.5 Å². The van der Waals surface area contributed by atoms with Crippen molar-refractivity contribution < 1.29 is 70.8 Å². The minimum absolute atomic E-state index is 0. The summed E-state index contributed by atoms with van der Waals surface area (Å²) in [6, 6.07) is 0. The van der Waals surface area contributed by atoms with Crippen molar-refractivity contribution in [3.05, 3.63) is 12.2 Å². The number of carboxylic acid groups (broad SMARTS) is 1. The van der Waals surface area contributed by atoms with Crippen LogP contribution in [0.2, 0.25) is 0 Å². The number of ether oxygens (including phenoxy) is 1. The van der Waals surface area contributed by atoms with E-state index in [0.717, 1.165) is 6.08 Å². The summed E-state index contributed by atoms with van der Waals surface area (Å²) in [6.07, 6.45) is 2.15. The van der Waals surface area contributed by atoms with Crippen LogP contribution >= 0.6 is 0 Å². The molecule has 0 aliphatic rings. The maximum atomic E-state index is 10.9. The molecule has 0 aliphatic heterocycles. The van der Waals surface area contributed by atoms with Crippen LogP contribution in [-0.2, 0) is 14.3 Å². The van der Waals surface area contributed by atoms with Crippen molar-refractivity contribution in [2.24, 2.45) is 0 Å². The number of carbonyl (C=O) groups is 2. The van der Waals surface area contributed by atoms with Gasteiger partial charge < -0.3 is 14.6 Å². The number of esters is 1. The predicted octanol–water partition coefficient (Wildman–Crippen LogP) is -2.97. The predicted molar refractivity (Wildman–Crippen MR) is 44.6 cm³/mol. The third-order valence-corrected chi connectivity index (χ3v) is 1.58. The topological polar surface area (TPSA) is 66.4 Å². The second-order valence-corrected chi connectivity index (χ2v) is 3.19. The average molecular weight is 224 g/mol. The van der Waals surface area contributed by atoms with E-state index in [1.165, 1.54) is 0 Å².